The predicted octanol–water partition coefficient (Wildman–Crippen LogP) is 3.21. The minimum absolute atomic E-state index is 0.0178. The van der Waals surface area contributed by atoms with Gasteiger partial charge in [0.05, 0.1) is 12.2 Å². The molecule has 92 valence electrons. The second-order valence-corrected chi connectivity index (χ2v) is 5.07. The average Bonchev–Trinajstić information content (AvgIpc) is 2.30. The van der Waals surface area contributed by atoms with E-state index in [9.17, 15) is 4.79 Å². The van der Waals surface area contributed by atoms with Gasteiger partial charge in [0.15, 0.2) is 5.78 Å². The van der Waals surface area contributed by atoms with Crippen molar-refractivity contribution in [2.75, 3.05) is 13.2 Å². The highest BCUT2D eigenvalue weighted by molar-refractivity contribution is 9.10. The highest BCUT2D eigenvalue weighted by atomic mass is 79.9. The SMILES string of the molecule is CC(=O)c1ccc(Br)cc1OC1CCCOC1. The van der Waals surface area contributed by atoms with Crippen LogP contribution in [0.3, 0.4) is 0 Å². The lowest BCUT2D eigenvalue weighted by Crippen LogP contribution is -2.28. The smallest absolute Gasteiger partial charge is 0.163 e. The van der Waals surface area contributed by atoms with Crippen molar-refractivity contribution >= 4 is 21.7 Å². The Morgan fingerprint density at radius 3 is 3.00 bits per heavy atom. The number of halogens is 1. The normalized spacial score (nSPS) is 20.0. The Labute approximate surface area is 109 Å². The fourth-order valence-corrected chi connectivity index (χ4v) is 2.21. The molecule has 1 aliphatic heterocycles. The van der Waals surface area contributed by atoms with Gasteiger partial charge in [0.1, 0.15) is 11.9 Å². The van der Waals surface area contributed by atoms with Crippen LogP contribution in [0, 0.1) is 0 Å². The van der Waals surface area contributed by atoms with Crippen LogP contribution in [-0.4, -0.2) is 25.1 Å². The minimum Gasteiger partial charge on any atom is -0.487 e. The van der Waals surface area contributed by atoms with Crippen LogP contribution in [0.5, 0.6) is 5.75 Å². The molecule has 3 nitrogen and oxygen atoms in total. The Balaban J connectivity index is 2.17. The summed E-state index contributed by atoms with van der Waals surface area (Å²) >= 11 is 3.39. The monoisotopic (exact) mass is 298 g/mol. The van der Waals surface area contributed by atoms with Gasteiger partial charge in [0, 0.05) is 11.1 Å². The summed E-state index contributed by atoms with van der Waals surface area (Å²) in [6.45, 7) is 2.95. The zero-order valence-electron chi connectivity index (χ0n) is 9.74. The summed E-state index contributed by atoms with van der Waals surface area (Å²) in [6.07, 6.45) is 2.04. The van der Waals surface area contributed by atoms with Crippen LogP contribution in [0.4, 0.5) is 0 Å². The molecule has 1 atom stereocenters. The molecule has 1 unspecified atom stereocenters. The van der Waals surface area contributed by atoms with E-state index in [1.54, 1.807) is 13.0 Å². The molecule has 1 aromatic rings. The molecule has 0 amide bonds. The Hall–Kier alpha value is -0.870. The second kappa shape index (κ2) is 5.65. The molecule has 1 heterocycles. The van der Waals surface area contributed by atoms with E-state index in [-0.39, 0.29) is 11.9 Å². The first-order valence-corrected chi connectivity index (χ1v) is 6.51. The molecule has 0 N–H and O–H groups in total. The van der Waals surface area contributed by atoms with Gasteiger partial charge in [0.25, 0.3) is 0 Å². The standard InChI is InChI=1S/C13H15BrO3/c1-9(15)12-5-4-10(14)7-13(12)17-11-3-2-6-16-8-11/h4-5,7,11H,2-3,6,8H2,1H3. The number of hydrogen-bond acceptors (Lipinski definition) is 3. The van der Waals surface area contributed by atoms with Crippen LogP contribution in [-0.2, 0) is 4.74 Å². The quantitative estimate of drug-likeness (QED) is 0.804. The Bertz CT molecular complexity index is 411. The van der Waals surface area contributed by atoms with Crippen molar-refractivity contribution in [3.63, 3.8) is 0 Å². The summed E-state index contributed by atoms with van der Waals surface area (Å²) in [4.78, 5) is 11.5. The summed E-state index contributed by atoms with van der Waals surface area (Å²) in [5, 5.41) is 0. The van der Waals surface area contributed by atoms with Crippen molar-refractivity contribution in [2.24, 2.45) is 0 Å². The van der Waals surface area contributed by atoms with Gasteiger partial charge in [-0.3, -0.25) is 4.79 Å². The zero-order valence-corrected chi connectivity index (χ0v) is 11.3. The first-order valence-electron chi connectivity index (χ1n) is 5.71. The van der Waals surface area contributed by atoms with Crippen LogP contribution in [0.1, 0.15) is 30.1 Å². The molecule has 0 aromatic heterocycles. The van der Waals surface area contributed by atoms with E-state index >= 15 is 0 Å². The summed E-state index contributed by atoms with van der Waals surface area (Å²) in [5.41, 5.74) is 0.624. The number of Topliss-reactive ketones (excluding diaryl/α,β-unsaturated/α-hetero) is 1. The Morgan fingerprint density at radius 1 is 1.53 bits per heavy atom. The number of carbonyl (C=O) groups is 1. The van der Waals surface area contributed by atoms with Crippen LogP contribution in [0.15, 0.2) is 22.7 Å². The first kappa shape index (κ1) is 12.6. The third kappa shape index (κ3) is 3.30. The predicted molar refractivity (Wildman–Crippen MR) is 68.6 cm³/mol. The number of benzene rings is 1. The fraction of sp³-hybridized carbons (Fsp3) is 0.462. The maximum atomic E-state index is 11.5. The third-order valence-corrected chi connectivity index (χ3v) is 3.23. The molecular weight excluding hydrogens is 284 g/mol. The largest absolute Gasteiger partial charge is 0.487 e. The summed E-state index contributed by atoms with van der Waals surface area (Å²) in [6, 6.07) is 5.47. The van der Waals surface area contributed by atoms with Gasteiger partial charge in [-0.05, 0) is 38.0 Å². The second-order valence-electron chi connectivity index (χ2n) is 4.15. The van der Waals surface area contributed by atoms with E-state index < -0.39 is 0 Å². The van der Waals surface area contributed by atoms with Gasteiger partial charge in [-0.25, -0.2) is 0 Å². The van der Waals surface area contributed by atoms with E-state index in [1.165, 1.54) is 0 Å². The van der Waals surface area contributed by atoms with Gasteiger partial charge >= 0.3 is 0 Å². The molecule has 4 heteroatoms. The van der Waals surface area contributed by atoms with Crippen molar-refractivity contribution in [1.29, 1.82) is 0 Å². The molecule has 0 bridgehead atoms. The topological polar surface area (TPSA) is 35.5 Å². The van der Waals surface area contributed by atoms with Gasteiger partial charge in [0.2, 0.25) is 0 Å². The Kier molecular flexibility index (Phi) is 4.18. The van der Waals surface area contributed by atoms with Gasteiger partial charge in [-0.2, -0.15) is 0 Å². The molecule has 2 rings (SSSR count). The summed E-state index contributed by atoms with van der Waals surface area (Å²) in [7, 11) is 0. The number of hydrogen-bond donors (Lipinski definition) is 0. The molecule has 0 aliphatic carbocycles. The van der Waals surface area contributed by atoms with Crippen molar-refractivity contribution in [3.8, 4) is 5.75 Å². The molecule has 1 aliphatic rings. The van der Waals surface area contributed by atoms with Crippen LogP contribution in [0.2, 0.25) is 0 Å². The van der Waals surface area contributed by atoms with Crippen molar-refractivity contribution in [1.82, 2.24) is 0 Å². The van der Waals surface area contributed by atoms with E-state index in [4.69, 9.17) is 9.47 Å². The molecule has 1 aromatic carbocycles. The van der Waals surface area contributed by atoms with Gasteiger partial charge in [-0.15, -0.1) is 0 Å². The Morgan fingerprint density at radius 2 is 2.35 bits per heavy atom. The van der Waals surface area contributed by atoms with Gasteiger partial charge in [-0.1, -0.05) is 15.9 Å². The van der Waals surface area contributed by atoms with Crippen LogP contribution >= 0.6 is 15.9 Å². The highest BCUT2D eigenvalue weighted by Crippen LogP contribution is 2.26. The summed E-state index contributed by atoms with van der Waals surface area (Å²) in [5.74, 6) is 0.659. The lowest BCUT2D eigenvalue weighted by molar-refractivity contribution is 0.00709. The number of rotatable bonds is 3. The average molecular weight is 299 g/mol. The van der Waals surface area contributed by atoms with Crippen molar-refractivity contribution in [2.45, 2.75) is 25.9 Å². The fourth-order valence-electron chi connectivity index (χ4n) is 1.87. The molecule has 17 heavy (non-hydrogen) atoms. The maximum absolute atomic E-state index is 11.5. The van der Waals surface area contributed by atoms with E-state index in [2.05, 4.69) is 15.9 Å². The molecule has 0 radical (unpaired) electrons. The first-order chi connectivity index (χ1) is 8.16. The molecule has 1 fully saturated rings. The number of carbonyl (C=O) groups excluding carboxylic acids is 1. The summed E-state index contributed by atoms with van der Waals surface area (Å²) < 4.78 is 12.1. The van der Waals surface area contributed by atoms with Gasteiger partial charge < -0.3 is 9.47 Å². The van der Waals surface area contributed by atoms with Crippen LogP contribution < -0.4 is 4.74 Å². The lowest BCUT2D eigenvalue weighted by atomic mass is 10.1. The lowest BCUT2D eigenvalue weighted by Gasteiger charge is -2.24. The van der Waals surface area contributed by atoms with Crippen molar-refractivity contribution < 1.29 is 14.3 Å². The van der Waals surface area contributed by atoms with E-state index in [0.29, 0.717) is 17.9 Å². The van der Waals surface area contributed by atoms with E-state index in [0.717, 1.165) is 23.9 Å². The maximum Gasteiger partial charge on any atom is 0.163 e. The zero-order chi connectivity index (χ0) is 12.3. The molecule has 1 saturated heterocycles. The minimum atomic E-state index is 0.0178. The number of ketones is 1. The molecule has 0 spiro atoms. The van der Waals surface area contributed by atoms with Crippen molar-refractivity contribution in [3.05, 3.63) is 28.2 Å². The molecule has 0 saturated carbocycles. The highest BCUT2D eigenvalue weighted by Gasteiger charge is 2.18. The van der Waals surface area contributed by atoms with Crippen LogP contribution in [0.25, 0.3) is 0 Å². The van der Waals surface area contributed by atoms with E-state index in [1.807, 2.05) is 12.1 Å². The number of ether oxygens (including phenoxy) is 2. The third-order valence-electron chi connectivity index (χ3n) is 2.74. The molecular formula is C13H15BrO3.